The Morgan fingerprint density at radius 3 is 2.70 bits per heavy atom. The maximum Gasteiger partial charge on any atom is 0.242 e. The molecular formula is C23H25N3O3S. The summed E-state index contributed by atoms with van der Waals surface area (Å²) >= 11 is 1.36. The van der Waals surface area contributed by atoms with Crippen molar-refractivity contribution >= 4 is 40.1 Å². The number of carbonyl (C=O) groups excluding carboxylic acids is 2. The van der Waals surface area contributed by atoms with E-state index < -0.39 is 5.25 Å². The Hall–Kier alpha value is -2.64. The standard InChI is InChI=1S/C23H25N3O3S/c1-16-8-5-6-12-19(16)25-21(27)14-20-22(28)26(15-18-11-7-13-29-18)23(30-20)24-17-9-3-2-4-10-17/h2-6,8-10,12,18,20H,7,11,13-15H2,1H3,(H,25,27)/t18-,20-/m1/s1. The van der Waals surface area contributed by atoms with Gasteiger partial charge < -0.3 is 10.1 Å². The van der Waals surface area contributed by atoms with E-state index in [4.69, 9.17) is 4.74 Å². The lowest BCUT2D eigenvalue weighted by molar-refractivity contribution is -0.129. The first-order valence-corrected chi connectivity index (χ1v) is 11.1. The van der Waals surface area contributed by atoms with Crippen molar-refractivity contribution in [2.75, 3.05) is 18.5 Å². The summed E-state index contributed by atoms with van der Waals surface area (Å²) < 4.78 is 5.73. The third-order valence-electron chi connectivity index (χ3n) is 5.20. The molecule has 2 amide bonds. The van der Waals surface area contributed by atoms with E-state index in [0.717, 1.165) is 36.4 Å². The average Bonchev–Trinajstić information content (AvgIpc) is 3.35. The second-order valence-corrected chi connectivity index (χ2v) is 8.66. The number of carbonyl (C=O) groups is 2. The van der Waals surface area contributed by atoms with Crippen molar-refractivity contribution in [3.63, 3.8) is 0 Å². The summed E-state index contributed by atoms with van der Waals surface area (Å²) in [5.74, 6) is -0.252. The summed E-state index contributed by atoms with van der Waals surface area (Å²) in [6.45, 7) is 3.15. The second kappa shape index (κ2) is 9.45. The average molecular weight is 424 g/mol. The number of amides is 2. The predicted molar refractivity (Wildman–Crippen MR) is 120 cm³/mol. The van der Waals surface area contributed by atoms with Crippen LogP contribution in [0.15, 0.2) is 59.6 Å². The summed E-state index contributed by atoms with van der Waals surface area (Å²) in [4.78, 5) is 32.1. The van der Waals surface area contributed by atoms with Crippen molar-refractivity contribution < 1.29 is 14.3 Å². The van der Waals surface area contributed by atoms with Gasteiger partial charge in [0.05, 0.1) is 18.3 Å². The third-order valence-corrected chi connectivity index (χ3v) is 6.38. The molecule has 0 aromatic heterocycles. The van der Waals surface area contributed by atoms with Gasteiger partial charge in [-0.25, -0.2) is 4.99 Å². The van der Waals surface area contributed by atoms with Gasteiger partial charge in [0.1, 0.15) is 5.25 Å². The highest BCUT2D eigenvalue weighted by atomic mass is 32.2. The minimum atomic E-state index is -0.488. The molecule has 7 heteroatoms. The van der Waals surface area contributed by atoms with Crippen LogP contribution < -0.4 is 5.32 Å². The lowest BCUT2D eigenvalue weighted by Gasteiger charge is -2.20. The van der Waals surface area contributed by atoms with Gasteiger partial charge in [-0.1, -0.05) is 48.2 Å². The quantitative estimate of drug-likeness (QED) is 0.758. The molecule has 0 unspecified atom stereocenters. The third kappa shape index (κ3) is 4.91. The van der Waals surface area contributed by atoms with Crippen molar-refractivity contribution in [2.45, 2.75) is 37.5 Å². The monoisotopic (exact) mass is 423 g/mol. The molecule has 2 heterocycles. The normalized spacial score (nSPS) is 22.6. The van der Waals surface area contributed by atoms with Gasteiger partial charge in [-0.05, 0) is 43.5 Å². The smallest absolute Gasteiger partial charge is 0.242 e. The van der Waals surface area contributed by atoms with E-state index >= 15 is 0 Å². The first kappa shape index (κ1) is 20.6. The lowest BCUT2D eigenvalue weighted by Crippen LogP contribution is -2.38. The minimum Gasteiger partial charge on any atom is -0.376 e. The van der Waals surface area contributed by atoms with E-state index in [2.05, 4.69) is 10.3 Å². The zero-order chi connectivity index (χ0) is 20.9. The number of para-hydroxylation sites is 2. The summed E-state index contributed by atoms with van der Waals surface area (Å²) in [5, 5.41) is 3.07. The number of ether oxygens (including phenoxy) is 1. The molecule has 0 saturated carbocycles. The fraction of sp³-hybridized carbons (Fsp3) is 0.348. The molecule has 4 rings (SSSR count). The Balaban J connectivity index is 1.49. The van der Waals surface area contributed by atoms with Crippen LogP contribution in [0.4, 0.5) is 11.4 Å². The van der Waals surface area contributed by atoms with Crippen LogP contribution in [0.25, 0.3) is 0 Å². The summed E-state index contributed by atoms with van der Waals surface area (Å²) in [7, 11) is 0. The zero-order valence-electron chi connectivity index (χ0n) is 16.9. The molecule has 2 aliphatic rings. The van der Waals surface area contributed by atoms with E-state index in [1.165, 1.54) is 11.8 Å². The van der Waals surface area contributed by atoms with E-state index in [0.29, 0.717) is 11.7 Å². The van der Waals surface area contributed by atoms with Gasteiger partial charge in [0.15, 0.2) is 5.17 Å². The van der Waals surface area contributed by atoms with Gasteiger partial charge in [0.25, 0.3) is 0 Å². The number of anilines is 1. The molecule has 2 atom stereocenters. The number of hydrogen-bond donors (Lipinski definition) is 1. The number of thioether (sulfide) groups is 1. The van der Waals surface area contributed by atoms with Crippen LogP contribution in [0.5, 0.6) is 0 Å². The molecule has 0 bridgehead atoms. The van der Waals surface area contributed by atoms with Gasteiger partial charge in [-0.15, -0.1) is 0 Å². The van der Waals surface area contributed by atoms with Crippen LogP contribution in [0.2, 0.25) is 0 Å². The molecule has 2 saturated heterocycles. The molecule has 6 nitrogen and oxygen atoms in total. The summed E-state index contributed by atoms with van der Waals surface area (Å²) in [5.41, 5.74) is 2.55. The Morgan fingerprint density at radius 1 is 1.20 bits per heavy atom. The van der Waals surface area contributed by atoms with Gasteiger partial charge in [-0.3, -0.25) is 14.5 Å². The van der Waals surface area contributed by atoms with Gasteiger partial charge in [0, 0.05) is 18.7 Å². The molecule has 0 radical (unpaired) electrons. The van der Waals surface area contributed by atoms with E-state index in [1.807, 2.05) is 61.5 Å². The Labute approximate surface area is 180 Å². The van der Waals surface area contributed by atoms with Crippen LogP contribution in [-0.4, -0.2) is 46.4 Å². The topological polar surface area (TPSA) is 71.0 Å². The van der Waals surface area contributed by atoms with E-state index in [1.54, 1.807) is 4.90 Å². The molecule has 2 aromatic rings. The van der Waals surface area contributed by atoms with Crippen molar-refractivity contribution in [1.29, 1.82) is 0 Å². The highest BCUT2D eigenvalue weighted by Crippen LogP contribution is 2.33. The highest BCUT2D eigenvalue weighted by molar-refractivity contribution is 8.15. The van der Waals surface area contributed by atoms with Gasteiger partial charge in [-0.2, -0.15) is 0 Å². The van der Waals surface area contributed by atoms with E-state index in [9.17, 15) is 9.59 Å². The molecule has 2 aliphatic heterocycles. The molecule has 0 spiro atoms. The van der Waals surface area contributed by atoms with Crippen molar-refractivity contribution in [2.24, 2.45) is 4.99 Å². The van der Waals surface area contributed by atoms with Crippen molar-refractivity contribution in [3.8, 4) is 0 Å². The zero-order valence-corrected chi connectivity index (χ0v) is 17.7. The maximum absolute atomic E-state index is 13.1. The number of aliphatic imine (C=N–C) groups is 1. The van der Waals surface area contributed by atoms with Crippen LogP contribution >= 0.6 is 11.8 Å². The molecular weight excluding hydrogens is 398 g/mol. The van der Waals surface area contributed by atoms with Gasteiger partial charge in [0.2, 0.25) is 11.8 Å². The fourth-order valence-electron chi connectivity index (χ4n) is 3.58. The molecule has 1 N–H and O–H groups in total. The number of nitrogens with zero attached hydrogens (tertiary/aromatic N) is 2. The van der Waals surface area contributed by atoms with Crippen molar-refractivity contribution in [3.05, 3.63) is 60.2 Å². The number of aryl methyl sites for hydroxylation is 1. The molecule has 156 valence electrons. The number of rotatable bonds is 6. The molecule has 2 aromatic carbocycles. The predicted octanol–water partition coefficient (Wildman–Crippen LogP) is 4.13. The molecule has 2 fully saturated rings. The Bertz CT molecular complexity index is 942. The maximum atomic E-state index is 13.1. The Morgan fingerprint density at radius 2 is 1.97 bits per heavy atom. The first-order chi connectivity index (χ1) is 14.6. The summed E-state index contributed by atoms with van der Waals surface area (Å²) in [6, 6.07) is 17.2. The van der Waals surface area contributed by atoms with Crippen LogP contribution in [0.3, 0.4) is 0 Å². The van der Waals surface area contributed by atoms with Gasteiger partial charge >= 0.3 is 0 Å². The second-order valence-electron chi connectivity index (χ2n) is 7.49. The SMILES string of the molecule is Cc1ccccc1NC(=O)C[C@H]1SC(=Nc2ccccc2)N(C[C@H]2CCCO2)C1=O. The van der Waals surface area contributed by atoms with Crippen molar-refractivity contribution in [1.82, 2.24) is 4.90 Å². The number of benzene rings is 2. The highest BCUT2D eigenvalue weighted by Gasteiger charge is 2.40. The van der Waals surface area contributed by atoms with Crippen LogP contribution in [0.1, 0.15) is 24.8 Å². The molecule has 30 heavy (non-hydrogen) atoms. The van der Waals surface area contributed by atoms with E-state index in [-0.39, 0.29) is 24.3 Å². The first-order valence-electron chi connectivity index (χ1n) is 10.2. The lowest BCUT2D eigenvalue weighted by atomic mass is 10.2. The largest absolute Gasteiger partial charge is 0.376 e. The van der Waals surface area contributed by atoms with Crippen LogP contribution in [-0.2, 0) is 14.3 Å². The number of hydrogen-bond acceptors (Lipinski definition) is 5. The van der Waals surface area contributed by atoms with Crippen LogP contribution in [0, 0.1) is 6.92 Å². The minimum absolute atomic E-state index is 0.0232. The number of nitrogens with one attached hydrogen (secondary N) is 1. The number of amidine groups is 1. The summed E-state index contributed by atoms with van der Waals surface area (Å²) in [6.07, 6.45) is 2.07. The fourth-order valence-corrected chi connectivity index (χ4v) is 4.75. The molecule has 0 aliphatic carbocycles. The Kier molecular flexibility index (Phi) is 6.50.